The third-order valence-corrected chi connectivity index (χ3v) is 7.39. The van der Waals surface area contributed by atoms with Gasteiger partial charge in [-0.15, -0.1) is 0 Å². The first-order valence-electron chi connectivity index (χ1n) is 14.2. The molecule has 0 bridgehead atoms. The van der Waals surface area contributed by atoms with Crippen LogP contribution in [-0.2, 0) is 19.5 Å². The minimum Gasteiger partial charge on any atom is -0.255 e. The van der Waals surface area contributed by atoms with E-state index < -0.39 is 0 Å². The zero-order valence-electron chi connectivity index (χ0n) is 22.8. The SMILES string of the molecule is Cc1ccnc(-c2cc(CCCCCC[n+]3ccc(-c4cc[n+](CCCCCCS)cc4)cc3)ccn2)c1. The Kier molecular flexibility index (Phi) is 11.3. The molecule has 0 aliphatic carbocycles. The molecular formula is C33H42N4S+2. The molecule has 0 unspecified atom stereocenters. The number of nitrogens with zero attached hydrogens (tertiary/aromatic N) is 4. The highest BCUT2D eigenvalue weighted by molar-refractivity contribution is 7.80. The molecule has 198 valence electrons. The molecule has 4 heterocycles. The summed E-state index contributed by atoms with van der Waals surface area (Å²) in [5.74, 6) is 1.00. The van der Waals surface area contributed by atoms with Crippen LogP contribution in [0.25, 0.3) is 22.5 Å². The molecule has 4 aromatic heterocycles. The van der Waals surface area contributed by atoms with Crippen molar-refractivity contribution in [3.05, 3.63) is 96.8 Å². The fraction of sp³-hybridized carbons (Fsp3) is 0.394. The topological polar surface area (TPSA) is 33.5 Å². The van der Waals surface area contributed by atoms with Gasteiger partial charge < -0.3 is 0 Å². The minimum absolute atomic E-state index is 0.955. The van der Waals surface area contributed by atoms with Crippen LogP contribution >= 0.6 is 12.6 Å². The van der Waals surface area contributed by atoms with Crippen molar-refractivity contribution >= 4 is 12.6 Å². The van der Waals surface area contributed by atoms with Crippen LogP contribution in [0.4, 0.5) is 0 Å². The summed E-state index contributed by atoms with van der Waals surface area (Å²) in [4.78, 5) is 9.00. The van der Waals surface area contributed by atoms with E-state index in [1.807, 2.05) is 18.5 Å². The lowest BCUT2D eigenvalue weighted by atomic mass is 10.1. The molecule has 0 aromatic carbocycles. The summed E-state index contributed by atoms with van der Waals surface area (Å²) in [5.41, 5.74) is 7.04. The van der Waals surface area contributed by atoms with Crippen LogP contribution in [0.1, 0.15) is 62.5 Å². The number of aryl methyl sites for hydroxylation is 4. The number of rotatable bonds is 15. The number of thiol groups is 1. The Morgan fingerprint density at radius 2 is 1.13 bits per heavy atom. The van der Waals surface area contributed by atoms with E-state index in [-0.39, 0.29) is 0 Å². The van der Waals surface area contributed by atoms with Crippen LogP contribution in [0.5, 0.6) is 0 Å². The fourth-order valence-corrected chi connectivity index (χ4v) is 5.00. The lowest BCUT2D eigenvalue weighted by Crippen LogP contribution is -2.33. The van der Waals surface area contributed by atoms with Crippen LogP contribution in [0.2, 0.25) is 0 Å². The molecule has 5 heteroatoms. The fourth-order valence-electron chi connectivity index (χ4n) is 4.78. The maximum absolute atomic E-state index is 4.52. The summed E-state index contributed by atoms with van der Waals surface area (Å²) in [6, 6.07) is 17.4. The average Bonchev–Trinajstić information content (AvgIpc) is 2.96. The van der Waals surface area contributed by atoms with E-state index >= 15 is 0 Å². The summed E-state index contributed by atoms with van der Waals surface area (Å²) in [6.07, 6.45) is 23.7. The molecule has 4 aromatic rings. The molecule has 0 saturated heterocycles. The molecule has 4 nitrogen and oxygen atoms in total. The Morgan fingerprint density at radius 1 is 0.605 bits per heavy atom. The van der Waals surface area contributed by atoms with Crippen molar-refractivity contribution in [2.75, 3.05) is 5.75 Å². The minimum atomic E-state index is 0.955. The molecule has 38 heavy (non-hydrogen) atoms. The van der Waals surface area contributed by atoms with Gasteiger partial charge in [-0.2, -0.15) is 12.6 Å². The van der Waals surface area contributed by atoms with Gasteiger partial charge in [0.25, 0.3) is 0 Å². The van der Waals surface area contributed by atoms with Crippen LogP contribution in [-0.4, -0.2) is 15.7 Å². The molecule has 0 saturated carbocycles. The van der Waals surface area contributed by atoms with Gasteiger partial charge in [0.1, 0.15) is 13.1 Å². The number of hydrogen-bond acceptors (Lipinski definition) is 3. The zero-order valence-corrected chi connectivity index (χ0v) is 23.7. The summed E-state index contributed by atoms with van der Waals surface area (Å²) in [5, 5.41) is 0. The average molecular weight is 527 g/mol. The number of aromatic nitrogens is 4. The Morgan fingerprint density at radius 3 is 1.71 bits per heavy atom. The van der Waals surface area contributed by atoms with Gasteiger partial charge in [0, 0.05) is 49.5 Å². The van der Waals surface area contributed by atoms with Crippen molar-refractivity contribution in [1.82, 2.24) is 9.97 Å². The highest BCUT2D eigenvalue weighted by Crippen LogP contribution is 2.18. The first-order chi connectivity index (χ1) is 18.7. The van der Waals surface area contributed by atoms with Gasteiger partial charge in [0.2, 0.25) is 0 Å². The lowest BCUT2D eigenvalue weighted by Gasteiger charge is -2.05. The number of hydrogen-bond donors (Lipinski definition) is 1. The van der Waals surface area contributed by atoms with Crippen molar-refractivity contribution in [3.63, 3.8) is 0 Å². The third-order valence-electron chi connectivity index (χ3n) is 7.07. The van der Waals surface area contributed by atoms with Gasteiger partial charge in [-0.3, -0.25) is 9.97 Å². The second-order valence-corrected chi connectivity index (χ2v) is 10.7. The number of pyridine rings is 4. The zero-order chi connectivity index (χ0) is 26.4. The maximum Gasteiger partial charge on any atom is 0.169 e. The smallest absolute Gasteiger partial charge is 0.169 e. The monoisotopic (exact) mass is 526 g/mol. The van der Waals surface area contributed by atoms with Gasteiger partial charge in [-0.05, 0) is 91.3 Å². The summed E-state index contributed by atoms with van der Waals surface area (Å²) >= 11 is 4.29. The van der Waals surface area contributed by atoms with E-state index in [1.54, 1.807) is 0 Å². The number of unbranched alkanes of at least 4 members (excludes halogenated alkanes) is 6. The quantitative estimate of drug-likeness (QED) is 0.103. The largest absolute Gasteiger partial charge is 0.255 e. The van der Waals surface area contributed by atoms with Gasteiger partial charge in [0.05, 0.1) is 11.4 Å². The third kappa shape index (κ3) is 9.05. The van der Waals surface area contributed by atoms with E-state index in [1.165, 1.54) is 73.6 Å². The standard InChI is InChI=1S/C33H41N4S/c1-28-11-17-34-32(26-28)33-27-29(12-18-35-33)10-6-2-3-7-19-36-21-13-30(14-22-36)31-15-23-37(24-16-31)20-8-4-5-9-25-38/h11-18,21-24,26-27H,2-10,19-20,25H2,1H3/q+1/p+1. The van der Waals surface area contributed by atoms with Crippen LogP contribution in [0.3, 0.4) is 0 Å². The predicted molar refractivity (Wildman–Crippen MR) is 159 cm³/mol. The first-order valence-corrected chi connectivity index (χ1v) is 14.8. The van der Waals surface area contributed by atoms with Gasteiger partial charge in [0.15, 0.2) is 24.8 Å². The van der Waals surface area contributed by atoms with E-state index in [9.17, 15) is 0 Å². The van der Waals surface area contributed by atoms with E-state index in [4.69, 9.17) is 0 Å². The van der Waals surface area contributed by atoms with Crippen LogP contribution in [0.15, 0.2) is 85.7 Å². The first kappa shape index (κ1) is 28.0. The van der Waals surface area contributed by atoms with E-state index in [0.29, 0.717) is 0 Å². The second-order valence-electron chi connectivity index (χ2n) is 10.2. The van der Waals surface area contributed by atoms with Crippen LogP contribution in [0, 0.1) is 6.92 Å². The normalized spacial score (nSPS) is 11.1. The molecule has 4 rings (SSSR count). The van der Waals surface area contributed by atoms with Crippen molar-refractivity contribution in [2.45, 2.75) is 77.8 Å². The molecule has 0 radical (unpaired) electrons. The summed E-state index contributed by atoms with van der Waals surface area (Å²) < 4.78 is 4.60. The Labute approximate surface area is 234 Å². The van der Waals surface area contributed by atoms with Crippen LogP contribution < -0.4 is 9.13 Å². The molecule has 0 N–H and O–H groups in total. The highest BCUT2D eigenvalue weighted by atomic mass is 32.1. The lowest BCUT2D eigenvalue weighted by molar-refractivity contribution is -0.697. The molecule has 0 atom stereocenters. The molecule has 0 fully saturated rings. The highest BCUT2D eigenvalue weighted by Gasteiger charge is 2.07. The molecule has 0 aliphatic rings. The summed E-state index contributed by atoms with van der Waals surface area (Å²) in [7, 11) is 0. The molecule has 0 aliphatic heterocycles. The van der Waals surface area contributed by atoms with E-state index in [2.05, 4.69) is 106 Å². The van der Waals surface area contributed by atoms with Crippen molar-refractivity contribution in [1.29, 1.82) is 0 Å². The Hall–Kier alpha value is -3.05. The van der Waals surface area contributed by atoms with Gasteiger partial charge >= 0.3 is 0 Å². The Balaban J connectivity index is 1.14. The maximum atomic E-state index is 4.52. The summed E-state index contributed by atoms with van der Waals surface area (Å²) in [6.45, 7) is 4.26. The van der Waals surface area contributed by atoms with Crippen molar-refractivity contribution in [3.8, 4) is 22.5 Å². The molecule has 0 amide bonds. The molecular weight excluding hydrogens is 484 g/mol. The second kappa shape index (κ2) is 15.4. The van der Waals surface area contributed by atoms with Gasteiger partial charge in [-0.25, -0.2) is 9.13 Å². The van der Waals surface area contributed by atoms with Gasteiger partial charge in [-0.1, -0.05) is 12.8 Å². The van der Waals surface area contributed by atoms with E-state index in [0.717, 1.165) is 36.7 Å². The van der Waals surface area contributed by atoms with Crippen molar-refractivity contribution in [2.24, 2.45) is 0 Å². The Bertz CT molecular complexity index is 1240. The van der Waals surface area contributed by atoms with Crippen molar-refractivity contribution < 1.29 is 9.13 Å². The predicted octanol–water partition coefficient (Wildman–Crippen LogP) is 6.99. The molecule has 0 spiro atoms.